The van der Waals surface area contributed by atoms with Crippen LogP contribution < -0.4 is 5.32 Å². The van der Waals surface area contributed by atoms with Gasteiger partial charge in [0.1, 0.15) is 6.04 Å². The second-order valence-corrected chi connectivity index (χ2v) is 7.23. The molecule has 0 spiro atoms. The van der Waals surface area contributed by atoms with Gasteiger partial charge in [-0.2, -0.15) is 0 Å². The largest absolute Gasteiger partial charge is 0.331 e. The van der Waals surface area contributed by atoms with Crippen LogP contribution in [0, 0.1) is 0 Å². The van der Waals surface area contributed by atoms with E-state index in [-0.39, 0.29) is 11.8 Å². The summed E-state index contributed by atoms with van der Waals surface area (Å²) in [7, 11) is 0. The fraction of sp³-hybridized carbons (Fsp3) is 0.529. The first kappa shape index (κ1) is 16.9. The molecule has 1 N–H and O–H groups in total. The van der Waals surface area contributed by atoms with Crippen LogP contribution in [0.4, 0.5) is 5.69 Å². The van der Waals surface area contributed by atoms with Gasteiger partial charge in [-0.1, -0.05) is 13.8 Å². The van der Waals surface area contributed by atoms with Gasteiger partial charge in [-0.05, 0) is 44.0 Å². The van der Waals surface area contributed by atoms with Crippen LogP contribution in [0.1, 0.15) is 40.0 Å². The quantitative estimate of drug-likeness (QED) is 0.816. The number of thioether (sulfide) groups is 1. The number of likely N-dealkylation sites (tertiary alicyclic amines) is 1. The fourth-order valence-electron chi connectivity index (χ4n) is 2.40. The average molecular weight is 320 g/mol. The van der Waals surface area contributed by atoms with Gasteiger partial charge in [0.15, 0.2) is 0 Å². The highest BCUT2D eigenvalue weighted by molar-refractivity contribution is 7.99. The second kappa shape index (κ2) is 7.68. The van der Waals surface area contributed by atoms with E-state index in [2.05, 4.69) is 19.2 Å². The summed E-state index contributed by atoms with van der Waals surface area (Å²) in [5, 5.41) is 3.48. The van der Waals surface area contributed by atoms with Crippen LogP contribution in [-0.4, -0.2) is 34.6 Å². The maximum Gasteiger partial charge on any atom is 0.246 e. The molecule has 2 amide bonds. The smallest absolute Gasteiger partial charge is 0.246 e. The second-order valence-electron chi connectivity index (χ2n) is 5.72. The Balaban J connectivity index is 1.92. The number of nitrogens with zero attached hydrogens (tertiary/aromatic N) is 1. The molecule has 1 saturated heterocycles. The third-order valence-corrected chi connectivity index (χ3v) is 5.27. The van der Waals surface area contributed by atoms with Crippen LogP contribution in [0.25, 0.3) is 0 Å². The lowest BCUT2D eigenvalue weighted by Crippen LogP contribution is -2.42. The van der Waals surface area contributed by atoms with Crippen molar-refractivity contribution < 1.29 is 9.59 Å². The number of amides is 2. The first-order valence-corrected chi connectivity index (χ1v) is 8.76. The van der Waals surface area contributed by atoms with Crippen LogP contribution in [-0.2, 0) is 9.59 Å². The molecule has 2 rings (SSSR count). The number of carbonyl (C=O) groups is 2. The Morgan fingerprint density at radius 3 is 2.55 bits per heavy atom. The first-order valence-electron chi connectivity index (χ1n) is 7.88. The minimum absolute atomic E-state index is 0.0722. The Morgan fingerprint density at radius 1 is 1.32 bits per heavy atom. The van der Waals surface area contributed by atoms with E-state index in [9.17, 15) is 9.59 Å². The van der Waals surface area contributed by atoms with Crippen LogP contribution in [0.5, 0.6) is 0 Å². The van der Waals surface area contributed by atoms with Gasteiger partial charge in [0.2, 0.25) is 11.8 Å². The highest BCUT2D eigenvalue weighted by atomic mass is 32.2. The molecular formula is C17H24N2O2S. The van der Waals surface area contributed by atoms with Gasteiger partial charge in [-0.3, -0.25) is 9.59 Å². The number of rotatable bonds is 6. The summed E-state index contributed by atoms with van der Waals surface area (Å²) >= 11 is 1.83. The van der Waals surface area contributed by atoms with E-state index in [0.717, 1.165) is 18.5 Å². The lowest BCUT2D eigenvalue weighted by molar-refractivity contribution is -0.134. The Morgan fingerprint density at radius 2 is 2.00 bits per heavy atom. The predicted molar refractivity (Wildman–Crippen MR) is 91.1 cm³/mol. The summed E-state index contributed by atoms with van der Waals surface area (Å²) in [4.78, 5) is 26.8. The van der Waals surface area contributed by atoms with E-state index in [1.54, 1.807) is 11.8 Å². The van der Waals surface area contributed by atoms with Crippen LogP contribution in [0.15, 0.2) is 29.2 Å². The van der Waals surface area contributed by atoms with Crippen molar-refractivity contribution >= 4 is 29.3 Å². The molecule has 120 valence electrons. The van der Waals surface area contributed by atoms with E-state index < -0.39 is 6.04 Å². The first-order chi connectivity index (χ1) is 10.5. The van der Waals surface area contributed by atoms with Gasteiger partial charge in [0.05, 0.1) is 0 Å². The van der Waals surface area contributed by atoms with Crippen LogP contribution in [0.3, 0.4) is 0 Å². The molecule has 1 aromatic carbocycles. The molecular weight excluding hydrogens is 296 g/mol. The van der Waals surface area contributed by atoms with Gasteiger partial charge >= 0.3 is 0 Å². The van der Waals surface area contributed by atoms with E-state index >= 15 is 0 Å². The van der Waals surface area contributed by atoms with Crippen LogP contribution >= 0.6 is 11.8 Å². The highest BCUT2D eigenvalue weighted by Crippen LogP contribution is 2.26. The van der Waals surface area contributed by atoms with Gasteiger partial charge < -0.3 is 10.2 Å². The highest BCUT2D eigenvalue weighted by Gasteiger charge is 2.29. The zero-order valence-electron chi connectivity index (χ0n) is 13.5. The predicted octanol–water partition coefficient (Wildman–Crippen LogP) is 3.53. The van der Waals surface area contributed by atoms with Crippen molar-refractivity contribution in [2.45, 2.75) is 56.2 Å². The van der Waals surface area contributed by atoms with Crippen molar-refractivity contribution in [2.75, 3.05) is 11.9 Å². The van der Waals surface area contributed by atoms with Crippen molar-refractivity contribution in [1.82, 2.24) is 4.90 Å². The molecule has 5 heteroatoms. The number of anilines is 1. The monoisotopic (exact) mass is 320 g/mol. The Kier molecular flexibility index (Phi) is 5.89. The molecule has 1 aliphatic heterocycles. The lowest BCUT2D eigenvalue weighted by Gasteiger charge is -2.23. The van der Waals surface area contributed by atoms with Gasteiger partial charge in [-0.15, -0.1) is 11.8 Å². The van der Waals surface area contributed by atoms with E-state index in [0.29, 0.717) is 18.2 Å². The van der Waals surface area contributed by atoms with Gasteiger partial charge in [-0.25, -0.2) is 0 Å². The lowest BCUT2D eigenvalue weighted by atomic mass is 10.2. The summed E-state index contributed by atoms with van der Waals surface area (Å²) in [6.07, 6.45) is 2.53. The van der Waals surface area contributed by atoms with Crippen molar-refractivity contribution in [1.29, 1.82) is 0 Å². The third-order valence-electron chi connectivity index (χ3n) is 3.99. The Labute approximate surface area is 136 Å². The van der Waals surface area contributed by atoms with Crippen molar-refractivity contribution in [3.05, 3.63) is 24.3 Å². The van der Waals surface area contributed by atoms with Gasteiger partial charge in [0.25, 0.3) is 0 Å². The number of carbonyl (C=O) groups excluding carboxylic acids is 2. The summed E-state index contributed by atoms with van der Waals surface area (Å²) in [6, 6.07) is 7.47. The number of benzene rings is 1. The number of nitrogens with one attached hydrogen (secondary N) is 1. The molecule has 4 nitrogen and oxygen atoms in total. The topological polar surface area (TPSA) is 49.4 Å². The summed E-state index contributed by atoms with van der Waals surface area (Å²) in [6.45, 7) is 6.84. The fourth-order valence-corrected chi connectivity index (χ4v) is 3.32. The van der Waals surface area contributed by atoms with E-state index in [1.165, 1.54) is 4.90 Å². The number of hydrogen-bond acceptors (Lipinski definition) is 3. The standard InChI is InChI=1S/C17H24N2O2S/c1-4-12(2)22-15-9-7-14(8-10-15)18-17(21)13(3)19-11-5-6-16(19)20/h7-10,12-13H,4-6,11H2,1-3H3,(H,18,21). The molecule has 1 aromatic rings. The minimum Gasteiger partial charge on any atom is -0.331 e. The maximum atomic E-state index is 12.2. The molecule has 22 heavy (non-hydrogen) atoms. The van der Waals surface area contributed by atoms with Crippen molar-refractivity contribution in [3.63, 3.8) is 0 Å². The molecule has 1 fully saturated rings. The normalized spacial score (nSPS) is 17.4. The Hall–Kier alpha value is -1.49. The maximum absolute atomic E-state index is 12.2. The molecule has 0 aliphatic carbocycles. The molecule has 1 heterocycles. The average Bonchev–Trinajstić information content (AvgIpc) is 2.94. The SMILES string of the molecule is CCC(C)Sc1ccc(NC(=O)C(C)N2CCCC2=O)cc1. The molecule has 2 atom stereocenters. The van der Waals surface area contributed by atoms with Gasteiger partial charge in [0, 0.05) is 28.8 Å². The summed E-state index contributed by atoms with van der Waals surface area (Å²) in [5.41, 5.74) is 0.775. The summed E-state index contributed by atoms with van der Waals surface area (Å²) in [5.74, 6) is -0.0551. The Bertz CT molecular complexity index is 530. The zero-order valence-corrected chi connectivity index (χ0v) is 14.3. The molecule has 0 aromatic heterocycles. The minimum atomic E-state index is -0.413. The van der Waals surface area contributed by atoms with E-state index in [1.807, 2.05) is 36.0 Å². The van der Waals surface area contributed by atoms with E-state index in [4.69, 9.17) is 0 Å². The number of hydrogen-bond donors (Lipinski definition) is 1. The molecule has 1 aliphatic rings. The molecule has 0 saturated carbocycles. The zero-order chi connectivity index (χ0) is 16.1. The molecule has 2 unspecified atom stereocenters. The third kappa shape index (κ3) is 4.26. The van der Waals surface area contributed by atoms with Crippen LogP contribution in [0.2, 0.25) is 0 Å². The van der Waals surface area contributed by atoms with Crippen molar-refractivity contribution in [2.24, 2.45) is 0 Å². The molecule has 0 bridgehead atoms. The summed E-state index contributed by atoms with van der Waals surface area (Å²) < 4.78 is 0. The molecule has 0 radical (unpaired) electrons. The van der Waals surface area contributed by atoms with Crippen molar-refractivity contribution in [3.8, 4) is 0 Å².